The quantitative estimate of drug-likeness (QED) is 0.718. The molecule has 3 amide bonds. The van der Waals surface area contributed by atoms with E-state index in [1.54, 1.807) is 12.1 Å². The Kier molecular flexibility index (Phi) is 5.36. The number of nitrogens with one attached hydrogen (secondary N) is 1. The van der Waals surface area contributed by atoms with Gasteiger partial charge in [0.05, 0.1) is 17.8 Å². The first-order valence-corrected chi connectivity index (χ1v) is 9.94. The van der Waals surface area contributed by atoms with Crippen LogP contribution >= 0.6 is 11.6 Å². The van der Waals surface area contributed by atoms with E-state index >= 15 is 0 Å². The SMILES string of the molecule is COc1ccc(N2C(=O)C3N=NN(CC(=O)Nc4c(C)cccc4C)C3C2=O)cc1Cl. The molecule has 2 aliphatic heterocycles. The number of methoxy groups -OCH3 is 1. The van der Waals surface area contributed by atoms with Crippen molar-refractivity contribution in [2.45, 2.75) is 25.9 Å². The lowest BCUT2D eigenvalue weighted by molar-refractivity contribution is -0.123. The first kappa shape index (κ1) is 20.8. The highest BCUT2D eigenvalue weighted by molar-refractivity contribution is 6.33. The van der Waals surface area contributed by atoms with Crippen molar-refractivity contribution in [2.24, 2.45) is 10.3 Å². The Morgan fingerprint density at radius 2 is 1.87 bits per heavy atom. The number of imide groups is 1. The fourth-order valence-corrected chi connectivity index (χ4v) is 3.99. The van der Waals surface area contributed by atoms with E-state index in [4.69, 9.17) is 16.3 Å². The van der Waals surface area contributed by atoms with Crippen LogP contribution in [0.3, 0.4) is 0 Å². The molecule has 2 unspecified atom stereocenters. The van der Waals surface area contributed by atoms with Gasteiger partial charge in [0, 0.05) is 5.69 Å². The van der Waals surface area contributed by atoms with Crippen LogP contribution in [0.15, 0.2) is 46.7 Å². The smallest absolute Gasteiger partial charge is 0.263 e. The topological polar surface area (TPSA) is 104 Å². The van der Waals surface area contributed by atoms with Gasteiger partial charge in [-0.25, -0.2) is 4.90 Å². The lowest BCUT2D eigenvalue weighted by Gasteiger charge is -2.21. The van der Waals surface area contributed by atoms with Crippen LogP contribution in [0.1, 0.15) is 11.1 Å². The molecule has 4 rings (SSSR count). The Morgan fingerprint density at radius 3 is 2.52 bits per heavy atom. The first-order valence-electron chi connectivity index (χ1n) is 9.56. The second-order valence-corrected chi connectivity index (χ2v) is 7.75. The monoisotopic (exact) mass is 441 g/mol. The Morgan fingerprint density at radius 1 is 1.16 bits per heavy atom. The van der Waals surface area contributed by atoms with Gasteiger partial charge in [-0.2, -0.15) is 5.11 Å². The van der Waals surface area contributed by atoms with Gasteiger partial charge in [-0.3, -0.25) is 19.4 Å². The van der Waals surface area contributed by atoms with E-state index in [2.05, 4.69) is 15.7 Å². The summed E-state index contributed by atoms with van der Waals surface area (Å²) in [5.74, 6) is -0.962. The third-order valence-corrected chi connectivity index (χ3v) is 5.60. The molecule has 31 heavy (non-hydrogen) atoms. The van der Waals surface area contributed by atoms with Crippen molar-refractivity contribution in [2.75, 3.05) is 23.9 Å². The summed E-state index contributed by atoms with van der Waals surface area (Å²) in [5, 5.41) is 12.2. The van der Waals surface area contributed by atoms with Crippen LogP contribution < -0.4 is 15.0 Å². The molecule has 9 nitrogen and oxygen atoms in total. The van der Waals surface area contributed by atoms with Gasteiger partial charge >= 0.3 is 0 Å². The second-order valence-electron chi connectivity index (χ2n) is 7.34. The van der Waals surface area contributed by atoms with Gasteiger partial charge in [0.25, 0.3) is 11.8 Å². The number of anilines is 2. The van der Waals surface area contributed by atoms with Crippen LogP contribution in [0.25, 0.3) is 0 Å². The number of rotatable bonds is 5. The predicted molar refractivity (Wildman–Crippen MR) is 114 cm³/mol. The van der Waals surface area contributed by atoms with Crippen LogP contribution in [-0.4, -0.2) is 48.5 Å². The van der Waals surface area contributed by atoms with Gasteiger partial charge in [0.1, 0.15) is 12.3 Å². The molecule has 0 aliphatic carbocycles. The molecule has 1 saturated heterocycles. The fraction of sp³-hybridized carbons (Fsp3) is 0.286. The summed E-state index contributed by atoms with van der Waals surface area (Å²) < 4.78 is 5.11. The molecule has 1 fully saturated rings. The van der Waals surface area contributed by atoms with Crippen LogP contribution in [0.2, 0.25) is 5.02 Å². The molecule has 0 aromatic heterocycles. The summed E-state index contributed by atoms with van der Waals surface area (Å²) in [5.41, 5.74) is 2.86. The molecule has 0 radical (unpaired) electrons. The number of ether oxygens (including phenoxy) is 1. The number of fused-ring (bicyclic) bond motifs is 1. The van der Waals surface area contributed by atoms with Crippen LogP contribution in [0.4, 0.5) is 11.4 Å². The third kappa shape index (κ3) is 3.61. The van der Waals surface area contributed by atoms with Gasteiger partial charge < -0.3 is 10.1 Å². The molecule has 1 N–H and O–H groups in total. The average Bonchev–Trinajstić information content (AvgIpc) is 3.24. The molecule has 0 saturated carbocycles. The van der Waals surface area contributed by atoms with Gasteiger partial charge in [-0.05, 0) is 43.2 Å². The molecule has 2 atom stereocenters. The number of hydrogen-bond acceptors (Lipinski definition) is 7. The summed E-state index contributed by atoms with van der Waals surface area (Å²) in [7, 11) is 1.47. The summed E-state index contributed by atoms with van der Waals surface area (Å²) in [6.07, 6.45) is 0. The summed E-state index contributed by atoms with van der Waals surface area (Å²) in [6, 6.07) is 8.34. The number of hydrogen-bond donors (Lipinski definition) is 1. The highest BCUT2D eigenvalue weighted by Gasteiger charge is 2.55. The number of para-hydroxylation sites is 1. The lowest BCUT2D eigenvalue weighted by Crippen LogP contribution is -2.43. The minimum absolute atomic E-state index is 0.214. The van der Waals surface area contributed by atoms with E-state index in [0.717, 1.165) is 16.0 Å². The van der Waals surface area contributed by atoms with Crippen LogP contribution in [0, 0.1) is 13.8 Å². The summed E-state index contributed by atoms with van der Waals surface area (Å²) in [4.78, 5) is 39.5. The number of aryl methyl sites for hydroxylation is 2. The maximum Gasteiger partial charge on any atom is 0.263 e. The van der Waals surface area contributed by atoms with E-state index in [9.17, 15) is 14.4 Å². The molecule has 10 heteroatoms. The number of amides is 3. The molecule has 0 spiro atoms. The molecule has 160 valence electrons. The van der Waals surface area contributed by atoms with Crippen LogP contribution in [-0.2, 0) is 14.4 Å². The Bertz CT molecular complexity index is 1100. The maximum absolute atomic E-state index is 13.1. The molecular formula is C21H20ClN5O4. The number of benzene rings is 2. The van der Waals surface area contributed by atoms with Crippen molar-refractivity contribution < 1.29 is 19.1 Å². The zero-order valence-corrected chi connectivity index (χ0v) is 17.9. The van der Waals surface area contributed by atoms with E-state index in [-0.39, 0.29) is 17.5 Å². The van der Waals surface area contributed by atoms with Crippen LogP contribution in [0.5, 0.6) is 5.75 Å². The standard InChI is InChI=1S/C21H20ClN5O4/c1-11-5-4-6-12(2)17(11)23-16(28)10-26-19-18(24-25-26)20(29)27(21(19)30)13-7-8-15(31-3)14(22)9-13/h4-9,18-19H,10H2,1-3H3,(H,23,28). The Hall–Kier alpha value is -3.46. The predicted octanol–water partition coefficient (Wildman–Crippen LogP) is 2.90. The second kappa shape index (κ2) is 7.99. The van der Waals surface area contributed by atoms with Crippen molar-refractivity contribution in [1.82, 2.24) is 5.01 Å². The average molecular weight is 442 g/mol. The lowest BCUT2D eigenvalue weighted by atomic mass is 10.1. The molecule has 0 bridgehead atoms. The van der Waals surface area contributed by atoms with E-state index in [0.29, 0.717) is 17.1 Å². The highest BCUT2D eigenvalue weighted by atomic mass is 35.5. The van der Waals surface area contributed by atoms with Gasteiger partial charge in [0.15, 0.2) is 12.1 Å². The van der Waals surface area contributed by atoms with Crippen molar-refractivity contribution in [3.63, 3.8) is 0 Å². The number of carbonyl (C=O) groups excluding carboxylic acids is 3. The number of carbonyl (C=O) groups is 3. The summed E-state index contributed by atoms with van der Waals surface area (Å²) in [6.45, 7) is 3.57. The zero-order valence-electron chi connectivity index (χ0n) is 17.1. The minimum Gasteiger partial charge on any atom is -0.495 e. The van der Waals surface area contributed by atoms with Crippen molar-refractivity contribution >= 4 is 40.7 Å². The molecule has 2 aromatic carbocycles. The fourth-order valence-electron chi connectivity index (χ4n) is 3.74. The molecule has 2 aromatic rings. The minimum atomic E-state index is -0.999. The van der Waals surface area contributed by atoms with E-state index in [1.807, 2.05) is 32.0 Å². The highest BCUT2D eigenvalue weighted by Crippen LogP contribution is 2.35. The van der Waals surface area contributed by atoms with Crippen molar-refractivity contribution in [3.8, 4) is 5.75 Å². The number of halogens is 1. The largest absolute Gasteiger partial charge is 0.495 e. The van der Waals surface area contributed by atoms with Gasteiger partial charge in [0.2, 0.25) is 5.91 Å². The van der Waals surface area contributed by atoms with Crippen molar-refractivity contribution in [1.29, 1.82) is 0 Å². The molecule has 2 heterocycles. The number of nitrogens with zero attached hydrogens (tertiary/aromatic N) is 4. The Balaban J connectivity index is 1.52. The van der Waals surface area contributed by atoms with Gasteiger partial charge in [-0.15, -0.1) is 0 Å². The maximum atomic E-state index is 13.1. The van der Waals surface area contributed by atoms with Crippen molar-refractivity contribution in [3.05, 3.63) is 52.5 Å². The van der Waals surface area contributed by atoms with E-state index < -0.39 is 23.9 Å². The molecular weight excluding hydrogens is 422 g/mol. The zero-order chi connectivity index (χ0) is 22.3. The summed E-state index contributed by atoms with van der Waals surface area (Å²) >= 11 is 6.14. The first-order chi connectivity index (χ1) is 14.8. The Labute approximate surface area is 183 Å². The molecule has 2 aliphatic rings. The normalized spacial score (nSPS) is 19.7. The third-order valence-electron chi connectivity index (χ3n) is 5.30. The van der Waals surface area contributed by atoms with E-state index in [1.165, 1.54) is 18.2 Å². The van der Waals surface area contributed by atoms with Gasteiger partial charge in [-0.1, -0.05) is 35.0 Å².